The maximum Gasteiger partial charge on any atom is 0.258 e. The van der Waals surface area contributed by atoms with Crippen LogP contribution < -0.4 is 10.1 Å². The number of carbonyl (C=O) groups is 1. The van der Waals surface area contributed by atoms with Crippen molar-refractivity contribution in [2.45, 2.75) is 46.1 Å². The number of fused-ring (bicyclic) bond motifs is 2. The van der Waals surface area contributed by atoms with Crippen molar-refractivity contribution in [1.29, 1.82) is 0 Å². The molecular weight excluding hydrogens is 262 g/mol. The van der Waals surface area contributed by atoms with Crippen LogP contribution in [0.25, 0.3) is 0 Å². The molecule has 2 aliphatic rings. The van der Waals surface area contributed by atoms with Crippen LogP contribution in [0.1, 0.15) is 40.0 Å². The molecular formula is C18H25NO2. The molecule has 1 N–H and O–H groups in total. The first kappa shape index (κ1) is 14.4. The van der Waals surface area contributed by atoms with Gasteiger partial charge in [0.1, 0.15) is 5.75 Å². The first-order chi connectivity index (χ1) is 9.93. The SMILES string of the molecule is CC1(C)[C@H]2CC[C@@]1(C)[C@@H](NC(=O)COc1ccccc1)C2. The molecule has 1 aromatic carbocycles. The van der Waals surface area contributed by atoms with Crippen molar-refractivity contribution in [3.05, 3.63) is 30.3 Å². The highest BCUT2D eigenvalue weighted by Gasteiger charge is 2.61. The van der Waals surface area contributed by atoms with E-state index in [1.54, 1.807) is 0 Å². The minimum atomic E-state index is -0.00609. The molecule has 1 aromatic rings. The molecule has 2 bridgehead atoms. The molecule has 0 aromatic heterocycles. The van der Waals surface area contributed by atoms with Crippen molar-refractivity contribution < 1.29 is 9.53 Å². The lowest BCUT2D eigenvalue weighted by Gasteiger charge is -2.39. The van der Waals surface area contributed by atoms with E-state index < -0.39 is 0 Å². The molecule has 0 heterocycles. The van der Waals surface area contributed by atoms with Gasteiger partial charge in [-0.15, -0.1) is 0 Å². The molecule has 3 heteroatoms. The largest absolute Gasteiger partial charge is 0.484 e. The van der Waals surface area contributed by atoms with Crippen molar-refractivity contribution in [2.24, 2.45) is 16.7 Å². The molecule has 2 saturated carbocycles. The van der Waals surface area contributed by atoms with Gasteiger partial charge >= 0.3 is 0 Å². The van der Waals surface area contributed by atoms with Crippen molar-refractivity contribution in [2.75, 3.05) is 6.61 Å². The van der Waals surface area contributed by atoms with Gasteiger partial charge in [-0.2, -0.15) is 0 Å². The zero-order valence-corrected chi connectivity index (χ0v) is 13.2. The van der Waals surface area contributed by atoms with Crippen LogP contribution in [0.15, 0.2) is 30.3 Å². The maximum absolute atomic E-state index is 12.2. The summed E-state index contributed by atoms with van der Waals surface area (Å²) in [6, 6.07) is 9.79. The highest BCUT2D eigenvalue weighted by Crippen LogP contribution is 2.65. The van der Waals surface area contributed by atoms with E-state index in [1.165, 1.54) is 12.8 Å². The third-order valence-electron chi connectivity index (χ3n) is 6.24. The smallest absolute Gasteiger partial charge is 0.258 e. The lowest BCUT2D eigenvalue weighted by atomic mass is 9.69. The summed E-state index contributed by atoms with van der Waals surface area (Å²) < 4.78 is 5.53. The van der Waals surface area contributed by atoms with Gasteiger partial charge < -0.3 is 10.1 Å². The molecule has 0 radical (unpaired) electrons. The standard InChI is InChI=1S/C18H25NO2/c1-17(2)13-9-10-18(17,3)15(11-13)19-16(20)12-21-14-7-5-4-6-8-14/h4-8,13,15H,9-12H2,1-3H3,(H,19,20)/t13-,15-,18-/m0/s1. The van der Waals surface area contributed by atoms with Gasteiger partial charge in [0.05, 0.1) is 0 Å². The lowest BCUT2D eigenvalue weighted by molar-refractivity contribution is -0.124. The molecule has 0 spiro atoms. The molecule has 1 amide bonds. The number of rotatable bonds is 4. The number of nitrogens with one attached hydrogen (secondary N) is 1. The summed E-state index contributed by atoms with van der Waals surface area (Å²) in [5.74, 6) is 1.48. The van der Waals surface area contributed by atoms with Gasteiger partial charge in [-0.3, -0.25) is 4.79 Å². The molecule has 114 valence electrons. The second kappa shape index (κ2) is 5.04. The molecule has 2 fully saturated rings. The van der Waals surface area contributed by atoms with Crippen LogP contribution in [0, 0.1) is 16.7 Å². The topological polar surface area (TPSA) is 38.3 Å². The lowest BCUT2D eigenvalue weighted by Crippen LogP contribution is -2.48. The highest BCUT2D eigenvalue weighted by molar-refractivity contribution is 5.78. The van der Waals surface area contributed by atoms with Gasteiger partial charge in [0.2, 0.25) is 0 Å². The predicted molar refractivity (Wildman–Crippen MR) is 83.1 cm³/mol. The minimum absolute atomic E-state index is 0.00609. The first-order valence-corrected chi connectivity index (χ1v) is 7.91. The molecule has 3 rings (SSSR count). The second-order valence-corrected chi connectivity index (χ2v) is 7.33. The fourth-order valence-corrected chi connectivity index (χ4v) is 4.32. The summed E-state index contributed by atoms with van der Waals surface area (Å²) in [7, 11) is 0. The van der Waals surface area contributed by atoms with Crippen LogP contribution >= 0.6 is 0 Å². The van der Waals surface area contributed by atoms with Crippen LogP contribution in [0.5, 0.6) is 5.75 Å². The van der Waals surface area contributed by atoms with Crippen molar-refractivity contribution in [3.8, 4) is 5.75 Å². The fraction of sp³-hybridized carbons (Fsp3) is 0.611. The summed E-state index contributed by atoms with van der Waals surface area (Å²) in [5, 5.41) is 3.21. The quantitative estimate of drug-likeness (QED) is 0.921. The first-order valence-electron chi connectivity index (χ1n) is 7.91. The van der Waals surface area contributed by atoms with Crippen LogP contribution in [0.4, 0.5) is 0 Å². The second-order valence-electron chi connectivity index (χ2n) is 7.33. The summed E-state index contributed by atoms with van der Waals surface area (Å²) in [6.07, 6.45) is 3.63. The number of ether oxygens (including phenoxy) is 1. The van der Waals surface area contributed by atoms with Gasteiger partial charge in [0, 0.05) is 6.04 Å². The molecule has 0 unspecified atom stereocenters. The number of para-hydroxylation sites is 1. The van der Waals surface area contributed by atoms with Crippen molar-refractivity contribution in [3.63, 3.8) is 0 Å². The summed E-state index contributed by atoms with van der Waals surface area (Å²) in [6.45, 7) is 7.15. The Bertz CT molecular complexity index is 525. The molecule has 3 nitrogen and oxygen atoms in total. The Morgan fingerprint density at radius 2 is 2.00 bits per heavy atom. The fourth-order valence-electron chi connectivity index (χ4n) is 4.32. The summed E-state index contributed by atoms with van der Waals surface area (Å²) in [5.41, 5.74) is 0.547. The van der Waals surface area contributed by atoms with Gasteiger partial charge in [0.25, 0.3) is 5.91 Å². The number of hydrogen-bond acceptors (Lipinski definition) is 2. The Hall–Kier alpha value is -1.51. The van der Waals surface area contributed by atoms with E-state index in [0.29, 0.717) is 5.41 Å². The monoisotopic (exact) mass is 287 g/mol. The average molecular weight is 287 g/mol. The zero-order chi connectivity index (χ0) is 15.1. The van der Waals surface area contributed by atoms with E-state index in [1.807, 2.05) is 30.3 Å². The Balaban J connectivity index is 1.57. The Morgan fingerprint density at radius 3 is 2.57 bits per heavy atom. The number of benzene rings is 1. The number of amides is 1. The Morgan fingerprint density at radius 1 is 1.29 bits per heavy atom. The van der Waals surface area contributed by atoms with Crippen LogP contribution in [0.2, 0.25) is 0 Å². The van der Waals surface area contributed by atoms with Crippen LogP contribution in [-0.2, 0) is 4.79 Å². The molecule has 3 atom stereocenters. The Kier molecular flexibility index (Phi) is 3.46. The van der Waals surface area contributed by atoms with Gasteiger partial charge in [-0.05, 0) is 48.1 Å². The van der Waals surface area contributed by atoms with E-state index >= 15 is 0 Å². The van der Waals surface area contributed by atoms with E-state index in [9.17, 15) is 4.79 Å². The van der Waals surface area contributed by atoms with E-state index in [0.717, 1.165) is 18.1 Å². The molecule has 21 heavy (non-hydrogen) atoms. The van der Waals surface area contributed by atoms with Crippen LogP contribution in [-0.4, -0.2) is 18.6 Å². The number of hydrogen-bond donors (Lipinski definition) is 1. The minimum Gasteiger partial charge on any atom is -0.484 e. The zero-order valence-electron chi connectivity index (χ0n) is 13.2. The third-order valence-corrected chi connectivity index (χ3v) is 6.24. The highest BCUT2D eigenvalue weighted by atomic mass is 16.5. The number of carbonyl (C=O) groups excluding carboxylic acids is 1. The van der Waals surface area contributed by atoms with E-state index in [2.05, 4.69) is 26.1 Å². The van der Waals surface area contributed by atoms with Gasteiger partial charge in [-0.1, -0.05) is 39.0 Å². The van der Waals surface area contributed by atoms with Crippen molar-refractivity contribution in [1.82, 2.24) is 5.32 Å². The van der Waals surface area contributed by atoms with Gasteiger partial charge in [-0.25, -0.2) is 0 Å². The van der Waals surface area contributed by atoms with E-state index in [4.69, 9.17) is 4.74 Å². The normalized spacial score (nSPS) is 32.9. The molecule has 0 saturated heterocycles. The summed E-state index contributed by atoms with van der Waals surface area (Å²) in [4.78, 5) is 12.2. The maximum atomic E-state index is 12.2. The molecule has 2 aliphatic carbocycles. The Labute approximate surface area is 127 Å². The summed E-state index contributed by atoms with van der Waals surface area (Å²) >= 11 is 0. The van der Waals surface area contributed by atoms with Crippen LogP contribution in [0.3, 0.4) is 0 Å². The van der Waals surface area contributed by atoms with E-state index in [-0.39, 0.29) is 24.0 Å². The van der Waals surface area contributed by atoms with Gasteiger partial charge in [0.15, 0.2) is 6.61 Å². The average Bonchev–Trinajstić information content (AvgIpc) is 2.79. The predicted octanol–water partition coefficient (Wildman–Crippen LogP) is 3.40. The van der Waals surface area contributed by atoms with Crippen molar-refractivity contribution >= 4 is 5.91 Å². The molecule has 0 aliphatic heterocycles. The third kappa shape index (κ3) is 2.33.